The van der Waals surface area contributed by atoms with Gasteiger partial charge >= 0.3 is 0 Å². The van der Waals surface area contributed by atoms with Crippen molar-refractivity contribution < 1.29 is 0 Å². The first-order chi connectivity index (χ1) is 8.56. The second kappa shape index (κ2) is 5.89. The minimum atomic E-state index is 0.214. The first-order valence-corrected chi connectivity index (χ1v) is 7.75. The van der Waals surface area contributed by atoms with Crippen molar-refractivity contribution in [1.82, 2.24) is 10.2 Å². The predicted molar refractivity (Wildman–Crippen MR) is 77.6 cm³/mol. The molecule has 0 aromatic heterocycles. The molecule has 1 saturated heterocycles. The summed E-state index contributed by atoms with van der Waals surface area (Å²) in [6.07, 6.45) is 5.14. The van der Waals surface area contributed by atoms with Gasteiger partial charge in [0.2, 0.25) is 0 Å². The van der Waals surface area contributed by atoms with E-state index in [9.17, 15) is 0 Å². The van der Waals surface area contributed by atoms with E-state index in [-0.39, 0.29) is 5.54 Å². The van der Waals surface area contributed by atoms with E-state index in [1.807, 2.05) is 0 Å². The van der Waals surface area contributed by atoms with Gasteiger partial charge < -0.3 is 16.0 Å². The lowest BCUT2D eigenvalue weighted by molar-refractivity contribution is 0.218. The first kappa shape index (κ1) is 14.3. The van der Waals surface area contributed by atoms with Crippen LogP contribution in [-0.4, -0.2) is 42.7 Å². The lowest BCUT2D eigenvalue weighted by Crippen LogP contribution is -2.52. The zero-order chi connectivity index (χ0) is 13.2. The number of nitrogens with zero attached hydrogens (tertiary/aromatic N) is 1. The summed E-state index contributed by atoms with van der Waals surface area (Å²) in [5.41, 5.74) is 6.30. The van der Waals surface area contributed by atoms with Gasteiger partial charge in [-0.05, 0) is 64.5 Å². The summed E-state index contributed by atoms with van der Waals surface area (Å²) in [5.74, 6) is 1.85. The van der Waals surface area contributed by atoms with Gasteiger partial charge in [0, 0.05) is 24.7 Å². The molecule has 3 unspecified atom stereocenters. The van der Waals surface area contributed by atoms with Crippen LogP contribution in [0.25, 0.3) is 0 Å². The Kier molecular flexibility index (Phi) is 4.68. The largest absolute Gasteiger partial charge is 0.329 e. The highest BCUT2D eigenvalue weighted by Crippen LogP contribution is 2.37. The summed E-state index contributed by atoms with van der Waals surface area (Å²) in [6.45, 7) is 11.4. The van der Waals surface area contributed by atoms with Crippen LogP contribution < -0.4 is 11.1 Å². The SMILES string of the molecule is CC1CC1CNC1(CN)CCCN(C(C)C)CC1. The molecule has 2 fully saturated rings. The highest BCUT2D eigenvalue weighted by atomic mass is 15.2. The second-order valence-electron chi connectivity index (χ2n) is 6.82. The molecule has 106 valence electrons. The van der Waals surface area contributed by atoms with Crippen LogP contribution in [-0.2, 0) is 0 Å². The standard InChI is InChI=1S/C15H31N3/c1-12(2)18-7-4-5-15(11-16,6-8-18)17-10-14-9-13(14)3/h12-14,17H,4-11,16H2,1-3H3. The van der Waals surface area contributed by atoms with Crippen molar-refractivity contribution in [1.29, 1.82) is 0 Å². The molecule has 3 nitrogen and oxygen atoms in total. The molecule has 0 spiro atoms. The molecule has 2 aliphatic rings. The van der Waals surface area contributed by atoms with Crippen molar-refractivity contribution in [2.24, 2.45) is 17.6 Å². The van der Waals surface area contributed by atoms with E-state index >= 15 is 0 Å². The zero-order valence-electron chi connectivity index (χ0n) is 12.4. The van der Waals surface area contributed by atoms with Gasteiger partial charge in [0.25, 0.3) is 0 Å². The van der Waals surface area contributed by atoms with Crippen LogP contribution in [0.15, 0.2) is 0 Å². The van der Waals surface area contributed by atoms with Gasteiger partial charge in [0.15, 0.2) is 0 Å². The number of likely N-dealkylation sites (tertiary alicyclic amines) is 1. The average Bonchev–Trinajstić information content (AvgIpc) is 3.08. The second-order valence-corrected chi connectivity index (χ2v) is 6.82. The molecule has 3 atom stereocenters. The number of hydrogen-bond donors (Lipinski definition) is 2. The van der Waals surface area contributed by atoms with E-state index in [1.54, 1.807) is 0 Å². The van der Waals surface area contributed by atoms with Crippen molar-refractivity contribution in [3.05, 3.63) is 0 Å². The molecule has 0 bridgehead atoms. The minimum absolute atomic E-state index is 0.214. The molecule has 1 aliphatic carbocycles. The summed E-state index contributed by atoms with van der Waals surface area (Å²) in [4.78, 5) is 2.60. The highest BCUT2D eigenvalue weighted by molar-refractivity contribution is 4.95. The summed E-state index contributed by atoms with van der Waals surface area (Å²) in [5, 5.41) is 3.82. The van der Waals surface area contributed by atoms with Crippen molar-refractivity contribution >= 4 is 0 Å². The number of rotatable bonds is 5. The smallest absolute Gasteiger partial charge is 0.0316 e. The molecular formula is C15H31N3. The van der Waals surface area contributed by atoms with E-state index in [1.165, 1.54) is 45.3 Å². The highest BCUT2D eigenvalue weighted by Gasteiger charge is 2.36. The molecule has 3 N–H and O–H groups in total. The van der Waals surface area contributed by atoms with E-state index < -0.39 is 0 Å². The van der Waals surface area contributed by atoms with Crippen LogP contribution in [0.1, 0.15) is 46.5 Å². The van der Waals surface area contributed by atoms with Gasteiger partial charge in [0.1, 0.15) is 0 Å². The topological polar surface area (TPSA) is 41.3 Å². The van der Waals surface area contributed by atoms with E-state index in [0.29, 0.717) is 6.04 Å². The quantitative estimate of drug-likeness (QED) is 0.785. The van der Waals surface area contributed by atoms with Gasteiger partial charge in [0.05, 0.1) is 0 Å². The molecular weight excluding hydrogens is 222 g/mol. The molecule has 0 aromatic rings. The molecule has 2 rings (SSSR count). The number of nitrogens with one attached hydrogen (secondary N) is 1. The third kappa shape index (κ3) is 3.46. The van der Waals surface area contributed by atoms with Crippen LogP contribution in [0.5, 0.6) is 0 Å². The van der Waals surface area contributed by atoms with Crippen molar-refractivity contribution in [2.45, 2.75) is 58.0 Å². The minimum Gasteiger partial charge on any atom is -0.329 e. The first-order valence-electron chi connectivity index (χ1n) is 7.75. The summed E-state index contributed by atoms with van der Waals surface area (Å²) in [7, 11) is 0. The Labute approximate surface area is 112 Å². The van der Waals surface area contributed by atoms with E-state index in [4.69, 9.17) is 5.73 Å². The Morgan fingerprint density at radius 3 is 2.61 bits per heavy atom. The number of hydrogen-bond acceptors (Lipinski definition) is 3. The van der Waals surface area contributed by atoms with Crippen LogP contribution in [0.3, 0.4) is 0 Å². The molecule has 1 heterocycles. The van der Waals surface area contributed by atoms with Gasteiger partial charge in [-0.15, -0.1) is 0 Å². The fraction of sp³-hybridized carbons (Fsp3) is 1.00. The van der Waals surface area contributed by atoms with Gasteiger partial charge in [-0.2, -0.15) is 0 Å². The fourth-order valence-electron chi connectivity index (χ4n) is 3.22. The van der Waals surface area contributed by atoms with Crippen LogP contribution in [0.2, 0.25) is 0 Å². The Morgan fingerprint density at radius 2 is 2.06 bits per heavy atom. The van der Waals surface area contributed by atoms with Crippen LogP contribution in [0.4, 0.5) is 0 Å². The van der Waals surface area contributed by atoms with Gasteiger partial charge in [-0.1, -0.05) is 6.92 Å². The van der Waals surface area contributed by atoms with Crippen LogP contribution >= 0.6 is 0 Å². The molecule has 0 aromatic carbocycles. The maximum Gasteiger partial charge on any atom is 0.0316 e. The molecule has 1 aliphatic heterocycles. The maximum atomic E-state index is 6.09. The van der Waals surface area contributed by atoms with Gasteiger partial charge in [-0.3, -0.25) is 0 Å². The normalized spacial score (nSPS) is 37.8. The molecule has 1 saturated carbocycles. The average molecular weight is 253 g/mol. The molecule has 3 heteroatoms. The van der Waals surface area contributed by atoms with Gasteiger partial charge in [-0.25, -0.2) is 0 Å². The Morgan fingerprint density at radius 1 is 1.33 bits per heavy atom. The maximum absolute atomic E-state index is 6.09. The number of nitrogens with two attached hydrogens (primary N) is 1. The monoisotopic (exact) mass is 253 g/mol. The predicted octanol–water partition coefficient (Wildman–Crippen LogP) is 1.82. The summed E-state index contributed by atoms with van der Waals surface area (Å²) >= 11 is 0. The van der Waals surface area contributed by atoms with Crippen molar-refractivity contribution in [3.8, 4) is 0 Å². The Bertz CT molecular complexity index is 266. The molecule has 0 radical (unpaired) electrons. The third-order valence-electron chi connectivity index (χ3n) is 5.11. The lowest BCUT2D eigenvalue weighted by atomic mass is 9.90. The molecule has 18 heavy (non-hydrogen) atoms. The van der Waals surface area contributed by atoms with Crippen molar-refractivity contribution in [3.63, 3.8) is 0 Å². The van der Waals surface area contributed by atoms with Crippen LogP contribution in [0, 0.1) is 11.8 Å². The van der Waals surface area contributed by atoms with E-state index in [0.717, 1.165) is 18.4 Å². The van der Waals surface area contributed by atoms with Crippen molar-refractivity contribution in [2.75, 3.05) is 26.2 Å². The fourth-order valence-corrected chi connectivity index (χ4v) is 3.22. The summed E-state index contributed by atoms with van der Waals surface area (Å²) in [6, 6.07) is 0.669. The lowest BCUT2D eigenvalue weighted by Gasteiger charge is -2.33. The molecule has 0 amide bonds. The Balaban J connectivity index is 1.86. The third-order valence-corrected chi connectivity index (χ3v) is 5.11. The summed E-state index contributed by atoms with van der Waals surface area (Å²) < 4.78 is 0. The van der Waals surface area contributed by atoms with E-state index in [2.05, 4.69) is 31.0 Å². The Hall–Kier alpha value is -0.120. The zero-order valence-corrected chi connectivity index (χ0v) is 12.4.